The van der Waals surface area contributed by atoms with E-state index in [9.17, 15) is 0 Å². The van der Waals surface area contributed by atoms with Crippen LogP contribution in [0, 0.1) is 5.41 Å². The molecule has 2 fully saturated rings. The zero-order valence-electron chi connectivity index (χ0n) is 10.6. The second-order valence-corrected chi connectivity index (χ2v) is 5.99. The van der Waals surface area contributed by atoms with Crippen LogP contribution in [0.2, 0.25) is 0 Å². The van der Waals surface area contributed by atoms with Crippen LogP contribution in [0.4, 0.5) is 0 Å². The summed E-state index contributed by atoms with van der Waals surface area (Å²) >= 11 is 0. The fourth-order valence-corrected chi connectivity index (χ4v) is 3.15. The lowest BCUT2D eigenvalue weighted by Crippen LogP contribution is -2.51. The summed E-state index contributed by atoms with van der Waals surface area (Å²) in [5.74, 6) is 0. The maximum Gasteiger partial charge on any atom is 0.00910 e. The van der Waals surface area contributed by atoms with Gasteiger partial charge in [0, 0.05) is 18.6 Å². The summed E-state index contributed by atoms with van der Waals surface area (Å²) in [7, 11) is 2.10. The highest BCUT2D eigenvalue weighted by molar-refractivity contribution is 4.90. The van der Waals surface area contributed by atoms with Crippen molar-refractivity contribution in [2.24, 2.45) is 5.41 Å². The third-order valence-electron chi connectivity index (χ3n) is 4.57. The second-order valence-electron chi connectivity index (χ2n) is 5.99. The van der Waals surface area contributed by atoms with E-state index in [1.54, 1.807) is 0 Å². The molecule has 2 unspecified atom stereocenters. The summed E-state index contributed by atoms with van der Waals surface area (Å²) in [6.45, 7) is 7.49. The first-order valence-electron chi connectivity index (χ1n) is 6.54. The van der Waals surface area contributed by atoms with Gasteiger partial charge < -0.3 is 10.2 Å². The Balaban J connectivity index is 1.83. The number of hydrogen-bond donors (Lipinski definition) is 1. The van der Waals surface area contributed by atoms with Gasteiger partial charge in [-0.25, -0.2) is 0 Å². The molecule has 1 aliphatic heterocycles. The molecule has 0 amide bonds. The number of piperidine rings is 1. The SMILES string of the molecule is CNC1CCN(CC2(C)CCC2)C(C)C1. The Morgan fingerprint density at radius 3 is 2.60 bits per heavy atom. The quantitative estimate of drug-likeness (QED) is 0.768. The molecule has 1 aliphatic carbocycles. The topological polar surface area (TPSA) is 15.3 Å². The number of rotatable bonds is 3. The summed E-state index contributed by atoms with van der Waals surface area (Å²) in [6, 6.07) is 1.53. The Kier molecular flexibility index (Phi) is 3.36. The maximum absolute atomic E-state index is 3.42. The summed E-state index contributed by atoms with van der Waals surface area (Å²) in [6.07, 6.45) is 7.01. The first-order valence-corrected chi connectivity index (χ1v) is 6.54. The van der Waals surface area contributed by atoms with E-state index in [1.165, 1.54) is 45.2 Å². The molecule has 1 N–H and O–H groups in total. The molecule has 1 heterocycles. The minimum atomic E-state index is 0.654. The van der Waals surface area contributed by atoms with Gasteiger partial charge in [0.05, 0.1) is 0 Å². The van der Waals surface area contributed by atoms with E-state index in [0.717, 1.165) is 12.1 Å². The standard InChI is InChI=1S/C13H26N2/c1-11-9-12(14-3)5-8-15(11)10-13(2)6-4-7-13/h11-12,14H,4-10H2,1-3H3. The highest BCUT2D eigenvalue weighted by Gasteiger charge is 2.36. The fraction of sp³-hybridized carbons (Fsp3) is 1.00. The molecule has 15 heavy (non-hydrogen) atoms. The number of nitrogens with zero attached hydrogens (tertiary/aromatic N) is 1. The van der Waals surface area contributed by atoms with Gasteiger partial charge in [-0.05, 0) is 51.6 Å². The van der Waals surface area contributed by atoms with Crippen molar-refractivity contribution in [1.82, 2.24) is 10.2 Å². The van der Waals surface area contributed by atoms with E-state index in [4.69, 9.17) is 0 Å². The van der Waals surface area contributed by atoms with Gasteiger partial charge in [-0.1, -0.05) is 13.3 Å². The van der Waals surface area contributed by atoms with Crippen molar-refractivity contribution in [3.05, 3.63) is 0 Å². The zero-order chi connectivity index (χ0) is 10.9. The molecular formula is C13H26N2. The van der Waals surface area contributed by atoms with E-state index < -0.39 is 0 Å². The number of nitrogens with one attached hydrogen (secondary N) is 1. The van der Waals surface area contributed by atoms with E-state index >= 15 is 0 Å². The normalized spacial score (nSPS) is 36.2. The minimum Gasteiger partial charge on any atom is -0.317 e. The van der Waals surface area contributed by atoms with Crippen molar-refractivity contribution in [3.63, 3.8) is 0 Å². The van der Waals surface area contributed by atoms with Gasteiger partial charge in [0.1, 0.15) is 0 Å². The Morgan fingerprint density at radius 1 is 1.40 bits per heavy atom. The van der Waals surface area contributed by atoms with Crippen LogP contribution in [0.3, 0.4) is 0 Å². The van der Waals surface area contributed by atoms with Gasteiger partial charge in [0.15, 0.2) is 0 Å². The van der Waals surface area contributed by atoms with Gasteiger partial charge >= 0.3 is 0 Å². The molecule has 2 heteroatoms. The van der Waals surface area contributed by atoms with Gasteiger partial charge in [0.25, 0.3) is 0 Å². The zero-order valence-corrected chi connectivity index (χ0v) is 10.6. The molecule has 0 radical (unpaired) electrons. The van der Waals surface area contributed by atoms with Crippen molar-refractivity contribution in [1.29, 1.82) is 0 Å². The summed E-state index contributed by atoms with van der Waals surface area (Å²) in [4.78, 5) is 2.72. The summed E-state index contributed by atoms with van der Waals surface area (Å²) in [5, 5.41) is 3.42. The first kappa shape index (κ1) is 11.4. The van der Waals surface area contributed by atoms with Crippen LogP contribution in [0.25, 0.3) is 0 Å². The molecule has 0 aromatic carbocycles. The largest absolute Gasteiger partial charge is 0.317 e. The van der Waals surface area contributed by atoms with Crippen molar-refractivity contribution < 1.29 is 0 Å². The maximum atomic E-state index is 3.42. The van der Waals surface area contributed by atoms with Crippen LogP contribution in [-0.2, 0) is 0 Å². The van der Waals surface area contributed by atoms with E-state index in [1.807, 2.05) is 0 Å². The second kappa shape index (κ2) is 4.42. The smallest absolute Gasteiger partial charge is 0.00910 e. The highest BCUT2D eigenvalue weighted by atomic mass is 15.2. The lowest BCUT2D eigenvalue weighted by molar-refractivity contribution is 0.0408. The van der Waals surface area contributed by atoms with Gasteiger partial charge in [-0.2, -0.15) is 0 Å². The van der Waals surface area contributed by atoms with Crippen LogP contribution >= 0.6 is 0 Å². The molecule has 0 spiro atoms. The minimum absolute atomic E-state index is 0.654. The first-order chi connectivity index (χ1) is 7.13. The molecule has 2 aliphatic rings. The lowest BCUT2D eigenvalue weighted by atomic mass is 9.70. The van der Waals surface area contributed by atoms with Crippen LogP contribution in [-0.4, -0.2) is 37.1 Å². The lowest BCUT2D eigenvalue weighted by Gasteiger charge is -2.46. The predicted molar refractivity (Wildman–Crippen MR) is 65.1 cm³/mol. The molecule has 2 atom stereocenters. The predicted octanol–water partition coefficient (Wildman–Crippen LogP) is 2.25. The van der Waals surface area contributed by atoms with Gasteiger partial charge in [0.2, 0.25) is 0 Å². The van der Waals surface area contributed by atoms with Crippen molar-refractivity contribution >= 4 is 0 Å². The van der Waals surface area contributed by atoms with Gasteiger partial charge in [-0.3, -0.25) is 0 Å². The highest BCUT2D eigenvalue weighted by Crippen LogP contribution is 2.41. The summed E-state index contributed by atoms with van der Waals surface area (Å²) < 4.78 is 0. The average Bonchev–Trinajstić information content (AvgIpc) is 2.18. The Morgan fingerprint density at radius 2 is 2.13 bits per heavy atom. The molecule has 2 rings (SSSR count). The molecule has 0 aromatic rings. The number of hydrogen-bond acceptors (Lipinski definition) is 2. The van der Waals surface area contributed by atoms with Crippen LogP contribution < -0.4 is 5.32 Å². The van der Waals surface area contributed by atoms with Crippen LogP contribution in [0.1, 0.15) is 46.0 Å². The molecule has 0 bridgehead atoms. The third-order valence-corrected chi connectivity index (χ3v) is 4.57. The Bertz CT molecular complexity index is 211. The third kappa shape index (κ3) is 2.54. The van der Waals surface area contributed by atoms with E-state index in [-0.39, 0.29) is 0 Å². The van der Waals surface area contributed by atoms with Crippen LogP contribution in [0.5, 0.6) is 0 Å². The van der Waals surface area contributed by atoms with Gasteiger partial charge in [-0.15, -0.1) is 0 Å². The fourth-order valence-electron chi connectivity index (χ4n) is 3.15. The van der Waals surface area contributed by atoms with Crippen molar-refractivity contribution in [2.75, 3.05) is 20.1 Å². The molecule has 2 nitrogen and oxygen atoms in total. The van der Waals surface area contributed by atoms with Crippen LogP contribution in [0.15, 0.2) is 0 Å². The molecule has 1 saturated heterocycles. The molecule has 88 valence electrons. The Labute approximate surface area is 94.4 Å². The van der Waals surface area contributed by atoms with E-state index in [0.29, 0.717) is 5.41 Å². The summed E-state index contributed by atoms with van der Waals surface area (Å²) in [5.41, 5.74) is 0.654. The monoisotopic (exact) mass is 210 g/mol. The molecular weight excluding hydrogens is 184 g/mol. The van der Waals surface area contributed by atoms with E-state index in [2.05, 4.69) is 31.1 Å². The molecule has 0 aromatic heterocycles. The number of likely N-dealkylation sites (tertiary alicyclic amines) is 1. The average molecular weight is 210 g/mol. The Hall–Kier alpha value is -0.0800. The molecule has 1 saturated carbocycles. The van der Waals surface area contributed by atoms with Crippen molar-refractivity contribution in [3.8, 4) is 0 Å². The van der Waals surface area contributed by atoms with Crippen molar-refractivity contribution in [2.45, 2.75) is 58.0 Å².